The number of rotatable bonds is 3. The highest BCUT2D eigenvalue weighted by Gasteiger charge is 2.13. The Morgan fingerprint density at radius 1 is 1.15 bits per heavy atom. The Kier molecular flexibility index (Phi) is 4.35. The molecule has 0 radical (unpaired) electrons. The van der Waals surface area contributed by atoms with Gasteiger partial charge >= 0.3 is 0 Å². The van der Waals surface area contributed by atoms with E-state index < -0.39 is 0 Å². The van der Waals surface area contributed by atoms with Gasteiger partial charge in [0.15, 0.2) is 0 Å². The van der Waals surface area contributed by atoms with Crippen LogP contribution in [0, 0.1) is 31.0 Å². The molecule has 0 aliphatic rings. The highest BCUT2D eigenvalue weighted by atomic mass is 32.1. The van der Waals surface area contributed by atoms with Crippen LogP contribution in [0.1, 0.15) is 22.0 Å². The average Bonchev–Trinajstić information content (AvgIpc) is 3.21. The van der Waals surface area contributed by atoms with E-state index in [0.29, 0.717) is 10.6 Å². The maximum Gasteiger partial charge on any atom is 0.135 e. The number of para-hydroxylation sites is 1. The molecule has 0 spiro atoms. The lowest BCUT2D eigenvalue weighted by molar-refractivity contribution is 0.627. The van der Waals surface area contributed by atoms with Gasteiger partial charge in [-0.1, -0.05) is 12.1 Å². The summed E-state index contributed by atoms with van der Waals surface area (Å²) in [7, 11) is 0. The van der Waals surface area contributed by atoms with E-state index in [9.17, 15) is 9.65 Å². The summed E-state index contributed by atoms with van der Waals surface area (Å²) in [6, 6.07) is 18.6. The molecule has 4 aromatic rings. The predicted molar refractivity (Wildman–Crippen MR) is 108 cm³/mol. The van der Waals surface area contributed by atoms with Crippen LogP contribution >= 0.6 is 11.3 Å². The van der Waals surface area contributed by atoms with E-state index in [1.54, 1.807) is 12.1 Å². The first-order valence-corrected chi connectivity index (χ1v) is 9.31. The molecule has 2 heterocycles. The zero-order valence-electron chi connectivity index (χ0n) is 14.9. The van der Waals surface area contributed by atoms with E-state index in [2.05, 4.69) is 15.6 Å². The number of fused-ring (bicyclic) bond motifs is 1. The number of hydrogen-bond donors (Lipinski definition) is 0. The Bertz CT molecular complexity index is 1170. The lowest BCUT2D eigenvalue weighted by Crippen LogP contribution is -1.99. The van der Waals surface area contributed by atoms with Gasteiger partial charge in [0.1, 0.15) is 16.9 Å². The molecule has 5 heteroatoms. The topological polar surface area (TPSA) is 41.6 Å². The molecule has 0 fully saturated rings. The number of aryl methyl sites for hydroxylation is 1. The minimum atomic E-state index is -0.260. The number of allylic oxidation sites excluding steroid dienone is 1. The maximum absolute atomic E-state index is 13.2. The minimum Gasteiger partial charge on any atom is -0.318 e. The van der Waals surface area contributed by atoms with Crippen LogP contribution in [0.15, 0.2) is 54.6 Å². The van der Waals surface area contributed by atoms with E-state index in [1.807, 2.05) is 50.3 Å². The highest BCUT2D eigenvalue weighted by molar-refractivity contribution is 7.19. The molecule has 0 N–H and O–H groups in total. The summed E-state index contributed by atoms with van der Waals surface area (Å²) < 4.78 is 16.4. The quantitative estimate of drug-likeness (QED) is 0.419. The molecule has 0 saturated heterocycles. The van der Waals surface area contributed by atoms with Crippen molar-refractivity contribution in [3.8, 4) is 11.8 Å². The number of nitriles is 1. The van der Waals surface area contributed by atoms with Crippen molar-refractivity contribution in [2.45, 2.75) is 13.8 Å². The molecule has 2 aromatic carbocycles. The predicted octanol–water partition coefficient (Wildman–Crippen LogP) is 5.91. The van der Waals surface area contributed by atoms with Crippen LogP contribution in [0.2, 0.25) is 0 Å². The van der Waals surface area contributed by atoms with E-state index in [-0.39, 0.29) is 5.82 Å². The smallest absolute Gasteiger partial charge is 0.135 e. The molecular weight excluding hydrogens is 357 g/mol. The Morgan fingerprint density at radius 2 is 1.89 bits per heavy atom. The summed E-state index contributed by atoms with van der Waals surface area (Å²) in [5.41, 5.74) is 5.29. The highest BCUT2D eigenvalue weighted by Crippen LogP contribution is 2.30. The third-order valence-electron chi connectivity index (χ3n) is 4.50. The van der Waals surface area contributed by atoms with Crippen LogP contribution in [0.25, 0.3) is 27.6 Å². The van der Waals surface area contributed by atoms with Crippen molar-refractivity contribution in [3.05, 3.63) is 82.4 Å². The molecule has 0 bridgehead atoms. The standard InChI is InChI=1S/C22H16FN3S/c1-14-11-16(15(2)26(14)19-9-7-18(23)8-10-19)12-17(13-24)22-25-20-5-3-4-6-21(20)27-22/h3-12H,1-2H3/b17-12+. The van der Waals surface area contributed by atoms with Gasteiger partial charge in [-0.3, -0.25) is 0 Å². The molecule has 0 saturated carbocycles. The van der Waals surface area contributed by atoms with Crippen molar-refractivity contribution in [1.29, 1.82) is 5.26 Å². The third-order valence-corrected chi connectivity index (χ3v) is 5.57. The van der Waals surface area contributed by atoms with Crippen molar-refractivity contribution in [2.24, 2.45) is 0 Å². The summed E-state index contributed by atoms with van der Waals surface area (Å²) in [4.78, 5) is 4.59. The molecular formula is C22H16FN3S. The van der Waals surface area contributed by atoms with Crippen LogP contribution in [-0.4, -0.2) is 9.55 Å². The Labute approximate surface area is 160 Å². The van der Waals surface area contributed by atoms with Gasteiger partial charge in [0.25, 0.3) is 0 Å². The Hall–Kier alpha value is -3.23. The number of hydrogen-bond acceptors (Lipinski definition) is 3. The summed E-state index contributed by atoms with van der Waals surface area (Å²) in [5.74, 6) is -0.260. The van der Waals surface area contributed by atoms with E-state index in [4.69, 9.17) is 0 Å². The molecule has 27 heavy (non-hydrogen) atoms. The monoisotopic (exact) mass is 373 g/mol. The summed E-state index contributed by atoms with van der Waals surface area (Å²) >= 11 is 1.51. The maximum atomic E-state index is 13.2. The number of aromatic nitrogens is 2. The second kappa shape index (κ2) is 6.82. The van der Waals surface area contributed by atoms with Crippen molar-refractivity contribution < 1.29 is 4.39 Å². The second-order valence-electron chi connectivity index (χ2n) is 6.29. The number of halogens is 1. The average molecular weight is 373 g/mol. The minimum absolute atomic E-state index is 0.260. The lowest BCUT2D eigenvalue weighted by Gasteiger charge is -2.09. The number of thiazole rings is 1. The fraction of sp³-hybridized carbons (Fsp3) is 0.0909. The second-order valence-corrected chi connectivity index (χ2v) is 7.33. The first-order valence-electron chi connectivity index (χ1n) is 8.49. The van der Waals surface area contributed by atoms with Gasteiger partial charge < -0.3 is 4.57 Å². The molecule has 3 nitrogen and oxygen atoms in total. The third kappa shape index (κ3) is 3.16. The summed E-state index contributed by atoms with van der Waals surface area (Å²) in [6.45, 7) is 3.99. The molecule has 0 atom stereocenters. The van der Waals surface area contributed by atoms with Gasteiger partial charge in [0.2, 0.25) is 0 Å². The molecule has 0 aliphatic carbocycles. The zero-order valence-corrected chi connectivity index (χ0v) is 15.7. The van der Waals surface area contributed by atoms with Crippen LogP contribution in [0.3, 0.4) is 0 Å². The van der Waals surface area contributed by atoms with Crippen LogP contribution in [0.5, 0.6) is 0 Å². The van der Waals surface area contributed by atoms with Gasteiger partial charge in [0.05, 0.1) is 15.8 Å². The molecule has 0 unspecified atom stereocenters. The van der Waals surface area contributed by atoms with Gasteiger partial charge in [-0.25, -0.2) is 9.37 Å². The number of benzene rings is 2. The van der Waals surface area contributed by atoms with E-state index in [1.165, 1.54) is 23.5 Å². The Morgan fingerprint density at radius 3 is 2.59 bits per heavy atom. The largest absolute Gasteiger partial charge is 0.318 e. The lowest BCUT2D eigenvalue weighted by atomic mass is 10.1. The summed E-state index contributed by atoms with van der Waals surface area (Å²) in [5, 5.41) is 10.4. The fourth-order valence-electron chi connectivity index (χ4n) is 3.21. The van der Waals surface area contributed by atoms with Crippen LogP contribution in [-0.2, 0) is 0 Å². The SMILES string of the molecule is Cc1cc(/C=C(\C#N)c2nc3ccccc3s2)c(C)n1-c1ccc(F)cc1. The molecule has 0 amide bonds. The number of nitrogens with zero attached hydrogens (tertiary/aromatic N) is 3. The van der Waals surface area contributed by atoms with Crippen LogP contribution in [0.4, 0.5) is 4.39 Å². The molecule has 132 valence electrons. The van der Waals surface area contributed by atoms with Crippen molar-refractivity contribution in [1.82, 2.24) is 9.55 Å². The molecule has 2 aromatic heterocycles. The molecule has 0 aliphatic heterocycles. The first kappa shape index (κ1) is 17.2. The van der Waals surface area contributed by atoms with Crippen molar-refractivity contribution in [3.63, 3.8) is 0 Å². The van der Waals surface area contributed by atoms with Crippen molar-refractivity contribution >= 4 is 33.2 Å². The van der Waals surface area contributed by atoms with Gasteiger partial charge in [-0.2, -0.15) is 5.26 Å². The fourth-order valence-corrected chi connectivity index (χ4v) is 4.14. The Balaban J connectivity index is 1.79. The summed E-state index contributed by atoms with van der Waals surface area (Å²) in [6.07, 6.45) is 1.88. The van der Waals surface area contributed by atoms with Gasteiger partial charge in [-0.05, 0) is 68.0 Å². The molecule has 4 rings (SSSR count). The van der Waals surface area contributed by atoms with Crippen LogP contribution < -0.4 is 0 Å². The van der Waals surface area contributed by atoms with Crippen molar-refractivity contribution in [2.75, 3.05) is 0 Å². The van der Waals surface area contributed by atoms with E-state index >= 15 is 0 Å². The zero-order chi connectivity index (χ0) is 19.0. The normalized spacial score (nSPS) is 11.7. The van der Waals surface area contributed by atoms with E-state index in [0.717, 1.165) is 32.9 Å². The van der Waals surface area contributed by atoms with Gasteiger partial charge in [0, 0.05) is 17.1 Å². The van der Waals surface area contributed by atoms with Gasteiger partial charge in [-0.15, -0.1) is 11.3 Å². The first-order chi connectivity index (χ1) is 13.1.